The predicted molar refractivity (Wildman–Crippen MR) is 84.1 cm³/mol. The summed E-state index contributed by atoms with van der Waals surface area (Å²) in [4.78, 5) is 18.0. The van der Waals surface area contributed by atoms with Gasteiger partial charge in [-0.1, -0.05) is 37.5 Å². The number of benzene rings is 1. The van der Waals surface area contributed by atoms with Crippen molar-refractivity contribution in [3.63, 3.8) is 0 Å². The molecule has 122 valence electrons. The number of anilines is 1. The summed E-state index contributed by atoms with van der Waals surface area (Å²) < 4.78 is 19.3. The van der Waals surface area contributed by atoms with Crippen molar-refractivity contribution in [2.24, 2.45) is 0 Å². The Hall–Kier alpha value is -1.95. The first-order chi connectivity index (χ1) is 10.8. The maximum atomic E-state index is 14.0. The molecule has 3 rings (SSSR count). The Labute approximate surface area is 138 Å². The zero-order valence-corrected chi connectivity index (χ0v) is 13.9. The largest absolute Gasteiger partial charge is 0.339 e. The normalized spacial score (nSPS) is 18.7. The van der Waals surface area contributed by atoms with Crippen molar-refractivity contribution in [2.45, 2.75) is 38.5 Å². The second-order valence-corrected chi connectivity index (χ2v) is 7.14. The van der Waals surface area contributed by atoms with Crippen LogP contribution in [0.2, 0.25) is 5.02 Å². The average molecular weight is 338 g/mol. The van der Waals surface area contributed by atoms with Gasteiger partial charge < -0.3 is 9.42 Å². The third kappa shape index (κ3) is 3.08. The lowest BCUT2D eigenvalue weighted by atomic mass is 9.96. The van der Waals surface area contributed by atoms with Gasteiger partial charge in [0.2, 0.25) is 11.8 Å². The first-order valence-electron chi connectivity index (χ1n) is 7.35. The Morgan fingerprint density at radius 3 is 2.74 bits per heavy atom. The monoisotopic (exact) mass is 337 g/mol. The number of halogens is 2. The molecule has 1 aliphatic heterocycles. The van der Waals surface area contributed by atoms with E-state index in [2.05, 4.69) is 10.1 Å². The molecule has 1 unspecified atom stereocenters. The molecule has 1 aromatic carbocycles. The minimum absolute atomic E-state index is 0.174. The number of carbonyl (C=O) groups excluding carboxylic acids is 1. The van der Waals surface area contributed by atoms with Crippen molar-refractivity contribution in [1.29, 1.82) is 0 Å². The van der Waals surface area contributed by atoms with E-state index in [1.54, 1.807) is 6.07 Å². The molecule has 1 saturated heterocycles. The molecular weight excluding hydrogens is 321 g/mol. The molecule has 5 nitrogen and oxygen atoms in total. The summed E-state index contributed by atoms with van der Waals surface area (Å²) in [6, 6.07) is 4.26. The van der Waals surface area contributed by atoms with Crippen LogP contribution >= 0.6 is 11.6 Å². The van der Waals surface area contributed by atoms with Gasteiger partial charge >= 0.3 is 0 Å². The van der Waals surface area contributed by atoms with E-state index in [1.807, 2.05) is 20.8 Å². The quantitative estimate of drug-likeness (QED) is 0.838. The van der Waals surface area contributed by atoms with Gasteiger partial charge in [-0.15, -0.1) is 0 Å². The van der Waals surface area contributed by atoms with Gasteiger partial charge in [0.15, 0.2) is 5.82 Å². The van der Waals surface area contributed by atoms with Crippen LogP contribution in [0.1, 0.15) is 44.8 Å². The molecule has 1 fully saturated rings. The van der Waals surface area contributed by atoms with E-state index < -0.39 is 5.82 Å². The lowest BCUT2D eigenvalue weighted by Crippen LogP contribution is -2.25. The minimum Gasteiger partial charge on any atom is -0.339 e. The van der Waals surface area contributed by atoms with Crippen LogP contribution in [0.15, 0.2) is 22.7 Å². The van der Waals surface area contributed by atoms with Crippen molar-refractivity contribution >= 4 is 23.2 Å². The van der Waals surface area contributed by atoms with Crippen molar-refractivity contribution < 1.29 is 13.7 Å². The van der Waals surface area contributed by atoms with Gasteiger partial charge in [-0.05, 0) is 18.2 Å². The smallest absolute Gasteiger partial charge is 0.232 e. The number of amides is 1. The van der Waals surface area contributed by atoms with E-state index in [-0.39, 0.29) is 29.3 Å². The standard InChI is InChI=1S/C16H17ClFN3O2/c1-16(2,3)15-19-14(23-20-15)9-6-13(22)21(8-9)12-5-4-10(17)7-11(12)18/h4-5,7,9H,6,8H2,1-3H3. The van der Waals surface area contributed by atoms with Crippen LogP contribution in [-0.4, -0.2) is 22.6 Å². The third-order valence-electron chi connectivity index (χ3n) is 3.79. The van der Waals surface area contributed by atoms with Crippen molar-refractivity contribution in [3.05, 3.63) is 40.8 Å². The highest BCUT2D eigenvalue weighted by Crippen LogP contribution is 2.34. The summed E-state index contributed by atoms with van der Waals surface area (Å²) in [7, 11) is 0. The number of carbonyl (C=O) groups is 1. The molecule has 7 heteroatoms. The van der Waals surface area contributed by atoms with Crippen LogP contribution in [0, 0.1) is 5.82 Å². The fourth-order valence-electron chi connectivity index (χ4n) is 2.51. The molecule has 23 heavy (non-hydrogen) atoms. The second-order valence-electron chi connectivity index (χ2n) is 6.71. The summed E-state index contributed by atoms with van der Waals surface area (Å²) in [6.45, 7) is 6.26. The molecule has 1 atom stereocenters. The van der Waals surface area contributed by atoms with E-state index >= 15 is 0 Å². The van der Waals surface area contributed by atoms with E-state index in [9.17, 15) is 9.18 Å². The van der Waals surface area contributed by atoms with Crippen LogP contribution in [0.3, 0.4) is 0 Å². The van der Waals surface area contributed by atoms with Crippen molar-refractivity contribution in [2.75, 3.05) is 11.4 Å². The molecule has 1 aliphatic rings. The minimum atomic E-state index is -0.521. The third-order valence-corrected chi connectivity index (χ3v) is 4.02. The molecule has 0 spiro atoms. The van der Waals surface area contributed by atoms with E-state index in [0.717, 1.165) is 0 Å². The van der Waals surface area contributed by atoms with Crippen molar-refractivity contribution in [3.8, 4) is 0 Å². The molecule has 0 saturated carbocycles. The zero-order chi connectivity index (χ0) is 16.8. The number of rotatable bonds is 2. The lowest BCUT2D eigenvalue weighted by Gasteiger charge is -2.17. The van der Waals surface area contributed by atoms with Gasteiger partial charge in [-0.3, -0.25) is 4.79 Å². The molecule has 1 amide bonds. The fraction of sp³-hybridized carbons (Fsp3) is 0.438. The molecule has 0 N–H and O–H groups in total. The van der Waals surface area contributed by atoms with E-state index in [4.69, 9.17) is 16.1 Å². The van der Waals surface area contributed by atoms with Gasteiger partial charge in [-0.25, -0.2) is 4.39 Å². The van der Waals surface area contributed by atoms with Gasteiger partial charge in [0.05, 0.1) is 11.6 Å². The summed E-state index contributed by atoms with van der Waals surface area (Å²) in [5, 5.41) is 4.27. The summed E-state index contributed by atoms with van der Waals surface area (Å²) in [5.74, 6) is 0.0801. The average Bonchev–Trinajstić information content (AvgIpc) is 3.05. The molecule has 0 bridgehead atoms. The fourth-order valence-corrected chi connectivity index (χ4v) is 2.67. The van der Waals surface area contributed by atoms with Crippen LogP contribution in [-0.2, 0) is 10.2 Å². The van der Waals surface area contributed by atoms with Gasteiger partial charge in [0.25, 0.3) is 0 Å². The van der Waals surface area contributed by atoms with Crippen LogP contribution in [0.5, 0.6) is 0 Å². The first-order valence-corrected chi connectivity index (χ1v) is 7.73. The Morgan fingerprint density at radius 2 is 2.13 bits per heavy atom. The van der Waals surface area contributed by atoms with Crippen LogP contribution < -0.4 is 4.90 Å². The van der Waals surface area contributed by atoms with Crippen LogP contribution in [0.4, 0.5) is 10.1 Å². The lowest BCUT2D eigenvalue weighted by molar-refractivity contribution is -0.117. The maximum Gasteiger partial charge on any atom is 0.232 e. The molecule has 2 aromatic rings. The summed E-state index contributed by atoms with van der Waals surface area (Å²) in [5.41, 5.74) is -0.00995. The number of nitrogens with zero attached hydrogens (tertiary/aromatic N) is 3. The molecular formula is C16H17ClFN3O2. The highest BCUT2D eigenvalue weighted by molar-refractivity contribution is 6.30. The van der Waals surface area contributed by atoms with E-state index in [0.29, 0.717) is 23.3 Å². The van der Waals surface area contributed by atoms with Crippen molar-refractivity contribution in [1.82, 2.24) is 10.1 Å². The zero-order valence-electron chi connectivity index (χ0n) is 13.1. The van der Waals surface area contributed by atoms with Gasteiger partial charge in [0.1, 0.15) is 5.82 Å². The Balaban J connectivity index is 1.84. The first kappa shape index (κ1) is 15.9. The Bertz CT molecular complexity index is 754. The second kappa shape index (κ2) is 5.60. The van der Waals surface area contributed by atoms with Gasteiger partial charge in [-0.2, -0.15) is 4.98 Å². The highest BCUT2D eigenvalue weighted by Gasteiger charge is 2.37. The number of hydrogen-bond acceptors (Lipinski definition) is 4. The summed E-state index contributed by atoms with van der Waals surface area (Å²) >= 11 is 5.75. The van der Waals surface area contributed by atoms with Crippen LogP contribution in [0.25, 0.3) is 0 Å². The predicted octanol–water partition coefficient (Wildman–Crippen LogP) is 3.68. The topological polar surface area (TPSA) is 59.2 Å². The number of hydrogen-bond donors (Lipinski definition) is 0. The molecule has 0 aliphatic carbocycles. The molecule has 2 heterocycles. The Kier molecular flexibility index (Phi) is 3.88. The number of aromatic nitrogens is 2. The maximum absolute atomic E-state index is 14.0. The highest BCUT2D eigenvalue weighted by atomic mass is 35.5. The Morgan fingerprint density at radius 1 is 1.39 bits per heavy atom. The molecule has 1 aromatic heterocycles. The SMILES string of the molecule is CC(C)(C)c1noc(C2CC(=O)N(c3ccc(Cl)cc3F)C2)n1. The molecule has 0 radical (unpaired) electrons. The van der Waals surface area contributed by atoms with E-state index in [1.165, 1.54) is 17.0 Å². The summed E-state index contributed by atoms with van der Waals surface area (Å²) in [6.07, 6.45) is 0.216. The van der Waals surface area contributed by atoms with Gasteiger partial charge in [0, 0.05) is 23.4 Å².